The van der Waals surface area contributed by atoms with Gasteiger partial charge in [0.1, 0.15) is 0 Å². The fourth-order valence-corrected chi connectivity index (χ4v) is 1.63. The van der Waals surface area contributed by atoms with E-state index >= 15 is 0 Å². The molecule has 20 heavy (non-hydrogen) atoms. The van der Waals surface area contributed by atoms with Crippen LogP contribution in [-0.2, 0) is 9.59 Å². The van der Waals surface area contributed by atoms with E-state index in [2.05, 4.69) is 15.8 Å². The number of benzene rings is 1. The third kappa shape index (κ3) is 5.65. The maximum atomic E-state index is 11.8. The summed E-state index contributed by atoms with van der Waals surface area (Å²) in [7, 11) is 0. The van der Waals surface area contributed by atoms with Gasteiger partial charge in [0.05, 0.1) is 12.5 Å². The molecule has 0 unspecified atom stereocenters. The molecule has 108 valence electrons. The first-order valence-electron chi connectivity index (χ1n) is 6.69. The summed E-state index contributed by atoms with van der Waals surface area (Å²) in [5.74, 6) is -0.282. The van der Waals surface area contributed by atoms with Crippen LogP contribution in [0.2, 0.25) is 0 Å². The Morgan fingerprint density at radius 1 is 1.20 bits per heavy atom. The molecule has 1 aromatic rings. The van der Waals surface area contributed by atoms with Gasteiger partial charge in [0.25, 0.3) is 0 Å². The number of carbonyl (C=O) groups is 2. The molecule has 0 spiro atoms. The van der Waals surface area contributed by atoms with Crippen molar-refractivity contribution in [3.05, 3.63) is 35.9 Å². The van der Waals surface area contributed by atoms with Crippen LogP contribution in [0.1, 0.15) is 45.2 Å². The van der Waals surface area contributed by atoms with Gasteiger partial charge in [-0.15, -0.1) is 0 Å². The molecule has 1 atom stereocenters. The van der Waals surface area contributed by atoms with Crippen molar-refractivity contribution in [1.82, 2.24) is 10.7 Å². The van der Waals surface area contributed by atoms with Crippen molar-refractivity contribution in [3.8, 4) is 0 Å². The number of hydrogen-bond donors (Lipinski definition) is 2. The molecule has 0 aromatic heterocycles. The maximum Gasteiger partial charge on any atom is 0.239 e. The quantitative estimate of drug-likeness (QED) is 0.617. The van der Waals surface area contributed by atoms with E-state index in [1.807, 2.05) is 37.3 Å². The van der Waals surface area contributed by atoms with E-state index in [0.29, 0.717) is 12.1 Å². The topological polar surface area (TPSA) is 70.6 Å². The second-order valence-electron chi connectivity index (χ2n) is 4.61. The van der Waals surface area contributed by atoms with Crippen LogP contribution >= 0.6 is 0 Å². The molecule has 0 radical (unpaired) electrons. The molecular weight excluding hydrogens is 254 g/mol. The highest BCUT2D eigenvalue weighted by atomic mass is 16.2. The van der Waals surface area contributed by atoms with Crippen LogP contribution in [-0.4, -0.2) is 17.5 Å². The van der Waals surface area contributed by atoms with Crippen molar-refractivity contribution >= 4 is 17.5 Å². The Hall–Kier alpha value is -2.17. The van der Waals surface area contributed by atoms with Gasteiger partial charge >= 0.3 is 0 Å². The summed E-state index contributed by atoms with van der Waals surface area (Å²) >= 11 is 0. The molecule has 0 bridgehead atoms. The SMILES string of the molecule is CCC(=O)NN=C(C)CC(=O)N[C@@H](C)c1ccccc1. The highest BCUT2D eigenvalue weighted by molar-refractivity contribution is 6.00. The summed E-state index contributed by atoms with van der Waals surface area (Å²) in [5.41, 5.74) is 4.02. The monoisotopic (exact) mass is 275 g/mol. The normalized spacial score (nSPS) is 12.7. The molecular formula is C15H21N3O2. The number of rotatable bonds is 6. The van der Waals surface area contributed by atoms with Gasteiger partial charge < -0.3 is 5.32 Å². The van der Waals surface area contributed by atoms with E-state index in [1.54, 1.807) is 13.8 Å². The van der Waals surface area contributed by atoms with Gasteiger partial charge in [-0.1, -0.05) is 37.3 Å². The van der Waals surface area contributed by atoms with Crippen molar-refractivity contribution in [3.63, 3.8) is 0 Å². The first-order valence-corrected chi connectivity index (χ1v) is 6.69. The minimum absolute atomic E-state index is 0.0540. The lowest BCUT2D eigenvalue weighted by Gasteiger charge is -2.14. The van der Waals surface area contributed by atoms with Gasteiger partial charge in [-0.2, -0.15) is 5.10 Å². The molecule has 1 rings (SSSR count). The van der Waals surface area contributed by atoms with Crippen LogP contribution in [0, 0.1) is 0 Å². The van der Waals surface area contributed by atoms with Crippen LogP contribution in [0.15, 0.2) is 35.4 Å². The summed E-state index contributed by atoms with van der Waals surface area (Å²) in [4.78, 5) is 22.9. The van der Waals surface area contributed by atoms with Crippen LogP contribution in [0.3, 0.4) is 0 Å². The minimum Gasteiger partial charge on any atom is -0.349 e. The van der Waals surface area contributed by atoms with E-state index in [-0.39, 0.29) is 24.3 Å². The van der Waals surface area contributed by atoms with Crippen molar-refractivity contribution in [2.45, 2.75) is 39.7 Å². The second-order valence-corrected chi connectivity index (χ2v) is 4.61. The summed E-state index contributed by atoms with van der Waals surface area (Å²) in [6, 6.07) is 9.68. The molecule has 0 saturated heterocycles. The molecule has 0 heterocycles. The molecule has 2 amide bonds. The number of amides is 2. The first kappa shape index (κ1) is 15.9. The van der Waals surface area contributed by atoms with Crippen LogP contribution in [0.5, 0.6) is 0 Å². The first-order chi connectivity index (χ1) is 9.52. The lowest BCUT2D eigenvalue weighted by Crippen LogP contribution is -2.28. The highest BCUT2D eigenvalue weighted by Crippen LogP contribution is 2.11. The molecule has 0 aliphatic carbocycles. The highest BCUT2D eigenvalue weighted by Gasteiger charge is 2.10. The van der Waals surface area contributed by atoms with E-state index in [0.717, 1.165) is 5.56 Å². The van der Waals surface area contributed by atoms with Gasteiger partial charge in [0.2, 0.25) is 11.8 Å². The molecule has 0 aliphatic rings. The predicted molar refractivity (Wildman–Crippen MR) is 79.2 cm³/mol. The van der Waals surface area contributed by atoms with Crippen LogP contribution in [0.4, 0.5) is 0 Å². The van der Waals surface area contributed by atoms with Crippen LogP contribution < -0.4 is 10.7 Å². The van der Waals surface area contributed by atoms with Gasteiger partial charge in [-0.3, -0.25) is 9.59 Å². The van der Waals surface area contributed by atoms with Gasteiger partial charge in [-0.25, -0.2) is 5.43 Å². The number of nitrogens with one attached hydrogen (secondary N) is 2. The molecule has 5 nitrogen and oxygen atoms in total. The molecule has 0 fully saturated rings. The summed E-state index contributed by atoms with van der Waals surface area (Å²) in [6.07, 6.45) is 0.537. The number of hydrogen-bond acceptors (Lipinski definition) is 3. The Labute approximate surface area is 119 Å². The molecule has 2 N–H and O–H groups in total. The Kier molecular flexibility index (Phi) is 6.43. The van der Waals surface area contributed by atoms with Crippen LogP contribution in [0.25, 0.3) is 0 Å². The number of carbonyl (C=O) groups excluding carboxylic acids is 2. The predicted octanol–water partition coefficient (Wildman–Crippen LogP) is 2.16. The number of hydrazone groups is 1. The van der Waals surface area contributed by atoms with Crippen molar-refractivity contribution in [1.29, 1.82) is 0 Å². The Morgan fingerprint density at radius 3 is 2.45 bits per heavy atom. The van der Waals surface area contributed by atoms with E-state index in [9.17, 15) is 9.59 Å². The van der Waals surface area contributed by atoms with E-state index < -0.39 is 0 Å². The van der Waals surface area contributed by atoms with Gasteiger partial charge in [0, 0.05) is 12.1 Å². The third-order valence-corrected chi connectivity index (χ3v) is 2.79. The van der Waals surface area contributed by atoms with Gasteiger partial charge in [0.15, 0.2) is 0 Å². The average molecular weight is 275 g/mol. The largest absolute Gasteiger partial charge is 0.349 e. The Morgan fingerprint density at radius 2 is 1.85 bits per heavy atom. The fraction of sp³-hybridized carbons (Fsp3) is 0.400. The van der Waals surface area contributed by atoms with E-state index in [1.165, 1.54) is 0 Å². The Balaban J connectivity index is 2.45. The summed E-state index contributed by atoms with van der Waals surface area (Å²) in [5, 5.41) is 6.77. The molecule has 0 saturated carbocycles. The number of nitrogens with zero attached hydrogens (tertiary/aromatic N) is 1. The van der Waals surface area contributed by atoms with Crippen molar-refractivity contribution < 1.29 is 9.59 Å². The molecule has 1 aromatic carbocycles. The zero-order valence-electron chi connectivity index (χ0n) is 12.1. The second kappa shape index (κ2) is 8.09. The van der Waals surface area contributed by atoms with Crippen molar-refractivity contribution in [2.24, 2.45) is 5.10 Å². The lowest BCUT2D eigenvalue weighted by atomic mass is 10.1. The zero-order valence-corrected chi connectivity index (χ0v) is 12.1. The molecule has 0 aliphatic heterocycles. The summed E-state index contributed by atoms with van der Waals surface area (Å²) < 4.78 is 0. The fourth-order valence-electron chi connectivity index (χ4n) is 1.63. The van der Waals surface area contributed by atoms with E-state index in [4.69, 9.17) is 0 Å². The third-order valence-electron chi connectivity index (χ3n) is 2.79. The van der Waals surface area contributed by atoms with Crippen molar-refractivity contribution in [2.75, 3.05) is 0 Å². The smallest absolute Gasteiger partial charge is 0.239 e. The minimum atomic E-state index is -0.164. The standard InChI is InChI=1S/C15H21N3O2/c1-4-14(19)18-17-11(2)10-15(20)16-12(3)13-8-6-5-7-9-13/h5-9,12H,4,10H2,1-3H3,(H,16,20)(H,18,19)/t12-/m0/s1. The average Bonchev–Trinajstić information content (AvgIpc) is 2.45. The summed E-state index contributed by atoms with van der Waals surface area (Å²) in [6.45, 7) is 5.38. The van der Waals surface area contributed by atoms with Gasteiger partial charge in [-0.05, 0) is 19.4 Å². The Bertz CT molecular complexity index is 483. The maximum absolute atomic E-state index is 11.8. The zero-order chi connectivity index (χ0) is 15.0. The lowest BCUT2D eigenvalue weighted by molar-refractivity contribution is -0.121. The molecule has 5 heteroatoms.